The summed E-state index contributed by atoms with van der Waals surface area (Å²) in [5.74, 6) is -2.29. The number of ether oxygens (including phenoxy) is 2. The Kier molecular flexibility index (Phi) is 15.0. The Balaban J connectivity index is 1.21. The van der Waals surface area contributed by atoms with Crippen molar-refractivity contribution in [3.05, 3.63) is 70.8 Å². The number of likely N-dealkylation sites (N-methyl/N-ethyl adjacent to an activating group) is 1. The third-order valence-electron chi connectivity index (χ3n) is 13.1. The number of nitrogens with one attached hydrogen (secondary N) is 2. The second-order valence-electron chi connectivity index (χ2n) is 18.8. The maximum Gasteiger partial charge on any atom is 0.324 e. The van der Waals surface area contributed by atoms with Crippen LogP contribution < -0.4 is 10.7 Å². The summed E-state index contributed by atoms with van der Waals surface area (Å²) >= 11 is 1.46. The number of thiazole rings is 1. The molecule has 0 aliphatic carbocycles. The number of pyridine rings is 1. The highest BCUT2D eigenvalue weighted by molar-refractivity contribution is 7.10. The van der Waals surface area contributed by atoms with Gasteiger partial charge in [-0.3, -0.25) is 29.2 Å². The van der Waals surface area contributed by atoms with Gasteiger partial charge in [0.15, 0.2) is 0 Å². The van der Waals surface area contributed by atoms with E-state index in [0.717, 1.165) is 49.7 Å². The number of urea groups is 1. The number of hydrogen-bond acceptors (Lipinski definition) is 11. The minimum atomic E-state index is -0.835. The van der Waals surface area contributed by atoms with Crippen LogP contribution in [0.4, 0.5) is 4.79 Å². The fourth-order valence-electron chi connectivity index (χ4n) is 9.52. The van der Waals surface area contributed by atoms with E-state index < -0.39 is 29.3 Å². The van der Waals surface area contributed by atoms with E-state index in [-0.39, 0.29) is 56.2 Å². The predicted octanol–water partition coefficient (Wildman–Crippen LogP) is 5.38. The lowest BCUT2D eigenvalue weighted by Crippen LogP contribution is -2.59. The summed E-state index contributed by atoms with van der Waals surface area (Å²) in [6, 6.07) is 8.57. The Morgan fingerprint density at radius 1 is 1.12 bits per heavy atom. The summed E-state index contributed by atoms with van der Waals surface area (Å²) in [4.78, 5) is 83.1. The molecule has 3 aliphatic heterocycles. The van der Waals surface area contributed by atoms with Gasteiger partial charge in [-0.1, -0.05) is 40.3 Å². The molecule has 3 aromatic heterocycles. The normalized spacial score (nSPS) is 20.0. The number of benzene rings is 1. The zero-order valence-electron chi connectivity index (χ0n) is 39.6. The quantitative estimate of drug-likeness (QED) is 0.120. The molecule has 2 fully saturated rings. The van der Waals surface area contributed by atoms with Gasteiger partial charge in [0, 0.05) is 105 Å². The number of aryl methyl sites for hydroxylation is 1. The van der Waals surface area contributed by atoms with Crippen LogP contribution >= 0.6 is 11.3 Å². The molecule has 16 nitrogen and oxygen atoms in total. The largest absolute Gasteiger partial charge is 0.464 e. The van der Waals surface area contributed by atoms with Gasteiger partial charge < -0.3 is 34.0 Å². The Bertz CT molecular complexity index is 2460. The fourth-order valence-corrected chi connectivity index (χ4v) is 10.4. The minimum absolute atomic E-state index is 0.0255. The van der Waals surface area contributed by atoms with Crippen LogP contribution in [0.1, 0.15) is 76.8 Å². The van der Waals surface area contributed by atoms with Gasteiger partial charge in [0.25, 0.3) is 0 Å². The van der Waals surface area contributed by atoms with Crippen molar-refractivity contribution in [1.29, 1.82) is 0 Å². The van der Waals surface area contributed by atoms with E-state index in [1.807, 2.05) is 32.2 Å². The average Bonchev–Trinajstić information content (AvgIpc) is 3.92. The molecule has 5 amide bonds. The van der Waals surface area contributed by atoms with Crippen molar-refractivity contribution in [3.8, 4) is 22.5 Å². The van der Waals surface area contributed by atoms with Gasteiger partial charge in [-0.05, 0) is 74.9 Å². The maximum atomic E-state index is 14.6. The average molecular weight is 922 g/mol. The number of methoxy groups -OCH3 is 1. The summed E-state index contributed by atoms with van der Waals surface area (Å²) in [7, 11) is 3.27. The highest BCUT2D eigenvalue weighted by Gasteiger charge is 2.38. The first-order valence-corrected chi connectivity index (χ1v) is 24.0. The number of fused-ring (bicyclic) bond motifs is 6. The van der Waals surface area contributed by atoms with Gasteiger partial charge in [0.1, 0.15) is 12.1 Å². The van der Waals surface area contributed by atoms with Gasteiger partial charge in [-0.2, -0.15) is 0 Å². The van der Waals surface area contributed by atoms with Crippen molar-refractivity contribution in [3.63, 3.8) is 0 Å². The van der Waals surface area contributed by atoms with Crippen molar-refractivity contribution in [2.75, 3.05) is 53.5 Å². The van der Waals surface area contributed by atoms with Gasteiger partial charge in [-0.25, -0.2) is 15.2 Å². The number of hydrazine groups is 1. The molecular formula is C48H64BN9O7S. The van der Waals surface area contributed by atoms with Crippen molar-refractivity contribution in [2.24, 2.45) is 11.3 Å². The highest BCUT2D eigenvalue weighted by atomic mass is 32.1. The highest BCUT2D eigenvalue weighted by Crippen LogP contribution is 2.42. The Labute approximate surface area is 392 Å². The number of hydrogen-bond donors (Lipinski definition) is 2. The van der Waals surface area contributed by atoms with Crippen molar-refractivity contribution >= 4 is 59.4 Å². The molecule has 1 unspecified atom stereocenters. The van der Waals surface area contributed by atoms with E-state index in [2.05, 4.69) is 66.8 Å². The molecule has 18 heteroatoms. The molecule has 6 heterocycles. The second kappa shape index (κ2) is 20.5. The Morgan fingerprint density at radius 2 is 1.86 bits per heavy atom. The molecule has 0 radical (unpaired) electrons. The number of piperazine rings is 1. The Hall–Kier alpha value is -5.59. The van der Waals surface area contributed by atoms with E-state index >= 15 is 0 Å². The van der Waals surface area contributed by atoms with Gasteiger partial charge in [0.05, 0.1) is 34.8 Å². The first kappa shape index (κ1) is 48.4. The Morgan fingerprint density at radius 3 is 2.56 bits per heavy atom. The second-order valence-corrected chi connectivity index (χ2v) is 19.7. The predicted molar refractivity (Wildman–Crippen MR) is 257 cm³/mol. The van der Waals surface area contributed by atoms with Crippen LogP contribution in [0, 0.1) is 11.3 Å². The molecule has 66 heavy (non-hydrogen) atoms. The summed E-state index contributed by atoms with van der Waals surface area (Å²) in [6.45, 7) is 18.3. The molecule has 2 saturated heterocycles. The molecule has 7 rings (SSSR count). The lowest BCUT2D eigenvalue weighted by Gasteiger charge is -2.39. The first-order valence-electron chi connectivity index (χ1n) is 23.1. The monoisotopic (exact) mass is 921 g/mol. The third kappa shape index (κ3) is 10.2. The maximum absolute atomic E-state index is 14.6. The van der Waals surface area contributed by atoms with E-state index in [9.17, 15) is 24.0 Å². The van der Waals surface area contributed by atoms with Gasteiger partial charge in [0.2, 0.25) is 25.1 Å². The van der Waals surface area contributed by atoms with Crippen LogP contribution in [0.5, 0.6) is 0 Å². The van der Waals surface area contributed by atoms with E-state index in [0.29, 0.717) is 58.5 Å². The van der Waals surface area contributed by atoms with Gasteiger partial charge in [-0.15, -0.1) is 11.3 Å². The number of esters is 1. The fraction of sp³-hybridized carbons (Fsp3) is 0.521. The van der Waals surface area contributed by atoms with E-state index in [4.69, 9.17) is 19.4 Å². The van der Waals surface area contributed by atoms with Gasteiger partial charge >= 0.3 is 12.0 Å². The van der Waals surface area contributed by atoms with E-state index in [1.165, 1.54) is 27.3 Å². The van der Waals surface area contributed by atoms with Crippen molar-refractivity contribution < 1.29 is 33.4 Å². The van der Waals surface area contributed by atoms with E-state index in [1.54, 1.807) is 30.2 Å². The lowest BCUT2D eigenvalue weighted by molar-refractivity contribution is -0.154. The molecule has 0 spiro atoms. The SMILES string of the molecule is C=CC(=O)N1CCN(C(=O)N(C)[C@H](C(=O)NBC2Cc3nc(cs3)-c3ccc4c(c3)c(c(-c3cccnc3[C@H](C)OC)n4CC)CC(C)(C)COC(=O)[C@@H]3CCCN(N3)C2=O)C(C)C)CC1. The van der Waals surface area contributed by atoms with Crippen molar-refractivity contribution in [2.45, 2.75) is 97.8 Å². The summed E-state index contributed by atoms with van der Waals surface area (Å²) in [5, 5.41) is 8.31. The lowest BCUT2D eigenvalue weighted by atomic mass is 9.72. The van der Waals surface area contributed by atoms with Crippen LogP contribution in [-0.2, 0) is 48.0 Å². The standard InChI is InChI=1S/C48H64BN9O7S/c1-10-40(59)55-20-22-56(23-21-55)47(63)54(8)42(29(3)4)44(60)52-49-35-25-39-51-37(27-66-39)31-16-17-38-33(24-31)34(43(57(38)11-2)32-14-12-18-50-41(32)30(5)64-9)26-48(6,7)28-65-46(62)36-15-13-19-58(53-36)45(35)61/h10,12,14,16-18,24,27,29-30,35-36,42,49,53H,1,11,13,15,19-23,25-26,28H2,2-9H3,(H,52,60)/t30-,35?,36-,42-/m0/s1. The first-order chi connectivity index (χ1) is 31.5. The van der Waals surface area contributed by atoms with Crippen LogP contribution in [0.15, 0.2) is 54.6 Å². The molecule has 3 aliphatic rings. The zero-order chi connectivity index (χ0) is 47.4. The number of amides is 5. The van der Waals surface area contributed by atoms with Crippen LogP contribution in [0.25, 0.3) is 33.4 Å². The molecular weight excluding hydrogens is 857 g/mol. The number of carbonyl (C=O) groups excluding carboxylic acids is 5. The molecule has 0 saturated carbocycles. The van der Waals surface area contributed by atoms with Crippen molar-refractivity contribution in [1.82, 2.24) is 44.9 Å². The molecule has 2 N–H and O–H groups in total. The van der Waals surface area contributed by atoms with Crippen LogP contribution in [0.3, 0.4) is 0 Å². The number of cyclic esters (lactones) is 1. The summed E-state index contributed by atoms with van der Waals surface area (Å²) in [6.07, 6.45) is 4.70. The third-order valence-corrected chi connectivity index (χ3v) is 14.0. The number of aromatic nitrogens is 3. The number of nitrogens with zero attached hydrogens (tertiary/aromatic N) is 7. The zero-order valence-corrected chi connectivity index (χ0v) is 40.4. The number of carbonyl (C=O) groups is 5. The molecule has 352 valence electrons. The van der Waals surface area contributed by atoms with Crippen LogP contribution in [-0.4, -0.2) is 137 Å². The molecule has 4 aromatic rings. The topological polar surface area (TPSA) is 172 Å². The molecule has 6 bridgehead atoms. The summed E-state index contributed by atoms with van der Waals surface area (Å²) in [5.41, 5.74) is 9.42. The summed E-state index contributed by atoms with van der Waals surface area (Å²) < 4.78 is 14.2. The number of rotatable bonds is 10. The smallest absolute Gasteiger partial charge is 0.324 e. The van der Waals surface area contributed by atoms with Crippen LogP contribution in [0.2, 0.25) is 5.82 Å². The molecule has 1 aromatic carbocycles. The minimum Gasteiger partial charge on any atom is -0.464 e. The molecule has 4 atom stereocenters.